The zero-order chi connectivity index (χ0) is 16.3. The molecule has 1 aromatic heterocycles. The fourth-order valence-corrected chi connectivity index (χ4v) is 2.31. The number of rotatable bonds is 5. The summed E-state index contributed by atoms with van der Waals surface area (Å²) in [4.78, 5) is 28.4. The van der Waals surface area contributed by atoms with Crippen molar-refractivity contribution >= 4 is 0 Å². The molecule has 2 rings (SSSR count). The molecule has 0 aliphatic carbocycles. The predicted molar refractivity (Wildman–Crippen MR) is 78.6 cm³/mol. The number of H-pyrrole nitrogens is 1. The summed E-state index contributed by atoms with van der Waals surface area (Å²) in [6.07, 6.45) is 0.792. The van der Waals surface area contributed by atoms with Gasteiger partial charge in [0.15, 0.2) is 0 Å². The van der Waals surface area contributed by atoms with Crippen molar-refractivity contribution in [3.63, 3.8) is 0 Å². The molecule has 1 unspecified atom stereocenters. The maximum atomic E-state index is 11.9. The summed E-state index contributed by atoms with van der Waals surface area (Å²) in [6, 6.07) is -0.423. The van der Waals surface area contributed by atoms with Gasteiger partial charge in [-0.1, -0.05) is 5.11 Å². The number of aromatic nitrogens is 2. The molecule has 22 heavy (non-hydrogen) atoms. The Balaban J connectivity index is 2.23. The van der Waals surface area contributed by atoms with E-state index < -0.39 is 29.6 Å². The van der Waals surface area contributed by atoms with Crippen molar-refractivity contribution < 1.29 is 9.47 Å². The van der Waals surface area contributed by atoms with Gasteiger partial charge in [-0.3, -0.25) is 14.3 Å². The zero-order valence-corrected chi connectivity index (χ0v) is 12.7. The van der Waals surface area contributed by atoms with Gasteiger partial charge in [-0.15, -0.1) is 0 Å². The minimum atomic E-state index is -0.598. The van der Waals surface area contributed by atoms with E-state index in [2.05, 4.69) is 15.0 Å². The topological polar surface area (TPSA) is 122 Å². The Morgan fingerprint density at radius 2 is 2.32 bits per heavy atom. The Morgan fingerprint density at radius 1 is 1.59 bits per heavy atom. The minimum absolute atomic E-state index is 0.0208. The van der Waals surface area contributed by atoms with Crippen LogP contribution >= 0.6 is 0 Å². The van der Waals surface area contributed by atoms with Gasteiger partial charge in [0.2, 0.25) is 0 Å². The van der Waals surface area contributed by atoms with Gasteiger partial charge >= 0.3 is 5.69 Å². The summed E-state index contributed by atoms with van der Waals surface area (Å²) in [5.74, 6) is 0. The molecule has 0 spiro atoms. The molecular formula is C13H19N5O4. The number of hydrogen-bond acceptors (Lipinski definition) is 5. The lowest BCUT2D eigenvalue weighted by molar-refractivity contribution is -0.0577. The van der Waals surface area contributed by atoms with Crippen LogP contribution in [0, 0.1) is 6.92 Å². The Kier molecular flexibility index (Phi) is 5.02. The van der Waals surface area contributed by atoms with Crippen LogP contribution in [0.15, 0.2) is 20.9 Å². The number of hydrogen-bond donors (Lipinski definition) is 1. The van der Waals surface area contributed by atoms with Crippen molar-refractivity contribution in [3.05, 3.63) is 43.0 Å². The fraction of sp³-hybridized carbons (Fsp3) is 0.692. The van der Waals surface area contributed by atoms with Crippen LogP contribution in [0.2, 0.25) is 0 Å². The van der Waals surface area contributed by atoms with E-state index in [0.29, 0.717) is 12.0 Å². The molecule has 0 amide bonds. The van der Waals surface area contributed by atoms with E-state index in [4.69, 9.17) is 15.0 Å². The highest BCUT2D eigenvalue weighted by Gasteiger charge is 2.36. The molecule has 1 aliphatic rings. The number of ether oxygens (including phenoxy) is 2. The monoisotopic (exact) mass is 309 g/mol. The summed E-state index contributed by atoms with van der Waals surface area (Å²) in [7, 11) is 0. The summed E-state index contributed by atoms with van der Waals surface area (Å²) in [6.45, 7) is 5.67. The lowest BCUT2D eigenvalue weighted by atomic mass is 10.1. The van der Waals surface area contributed by atoms with Gasteiger partial charge in [0.25, 0.3) is 5.56 Å². The van der Waals surface area contributed by atoms with Crippen LogP contribution in [0.5, 0.6) is 0 Å². The Morgan fingerprint density at radius 3 is 2.95 bits per heavy atom. The molecular weight excluding hydrogens is 290 g/mol. The molecule has 2 heterocycles. The second-order valence-electron chi connectivity index (χ2n) is 5.50. The van der Waals surface area contributed by atoms with E-state index in [1.807, 2.05) is 13.8 Å². The molecule has 120 valence electrons. The standard InChI is InChI=1S/C13H19N5O4/c1-7(2)21-6-10-9(16-17-14)4-11(22-10)18-5-8(3)12(19)15-13(18)20/h5,7,9-11H,4,6H2,1-3H3,(H,15,19,20)/t9?,10-,11-/m1/s1. The molecule has 9 heteroatoms. The zero-order valence-electron chi connectivity index (χ0n) is 12.7. The number of aromatic amines is 1. The second kappa shape index (κ2) is 6.78. The van der Waals surface area contributed by atoms with Crippen LogP contribution in [-0.4, -0.2) is 34.4 Å². The van der Waals surface area contributed by atoms with Gasteiger partial charge in [-0.25, -0.2) is 4.79 Å². The lowest BCUT2D eigenvalue weighted by Gasteiger charge is -2.18. The van der Waals surface area contributed by atoms with Gasteiger partial charge in [-0.2, -0.15) is 0 Å². The first-order valence-electron chi connectivity index (χ1n) is 7.05. The maximum absolute atomic E-state index is 11.9. The molecule has 1 aliphatic heterocycles. The Bertz CT molecular complexity index is 688. The van der Waals surface area contributed by atoms with Crippen molar-refractivity contribution in [2.24, 2.45) is 5.11 Å². The number of nitrogens with one attached hydrogen (secondary N) is 1. The van der Waals surface area contributed by atoms with E-state index in [9.17, 15) is 9.59 Å². The molecule has 1 aromatic rings. The smallest absolute Gasteiger partial charge is 0.330 e. The van der Waals surface area contributed by atoms with Crippen molar-refractivity contribution in [1.29, 1.82) is 0 Å². The molecule has 0 bridgehead atoms. The predicted octanol–water partition coefficient (Wildman–Crippen LogP) is 1.24. The van der Waals surface area contributed by atoms with Gasteiger partial charge in [0, 0.05) is 23.1 Å². The van der Waals surface area contributed by atoms with Gasteiger partial charge in [0.1, 0.15) is 6.23 Å². The summed E-state index contributed by atoms with van der Waals surface area (Å²) < 4.78 is 12.6. The largest absolute Gasteiger partial charge is 0.376 e. The fourth-order valence-electron chi connectivity index (χ4n) is 2.31. The SMILES string of the molecule is Cc1cn([C@H]2CC(N=[N+]=[N-])[C@@H](COC(C)C)O2)c(=O)[nH]c1=O. The minimum Gasteiger partial charge on any atom is -0.376 e. The molecule has 1 saturated heterocycles. The summed E-state index contributed by atoms with van der Waals surface area (Å²) in [5, 5.41) is 3.72. The van der Waals surface area contributed by atoms with Crippen LogP contribution < -0.4 is 11.2 Å². The summed E-state index contributed by atoms with van der Waals surface area (Å²) >= 11 is 0. The summed E-state index contributed by atoms with van der Waals surface area (Å²) in [5.41, 5.74) is 8.09. The molecule has 1 fully saturated rings. The third-order valence-electron chi connectivity index (χ3n) is 3.45. The second-order valence-corrected chi connectivity index (χ2v) is 5.50. The van der Waals surface area contributed by atoms with Crippen LogP contribution in [0.3, 0.4) is 0 Å². The molecule has 9 nitrogen and oxygen atoms in total. The van der Waals surface area contributed by atoms with Crippen molar-refractivity contribution in [3.8, 4) is 0 Å². The van der Waals surface area contributed by atoms with E-state index in [0.717, 1.165) is 0 Å². The van der Waals surface area contributed by atoms with Gasteiger partial charge in [-0.05, 0) is 26.3 Å². The highest BCUT2D eigenvalue weighted by atomic mass is 16.6. The van der Waals surface area contributed by atoms with Crippen LogP contribution in [0.25, 0.3) is 10.4 Å². The number of azide groups is 1. The third kappa shape index (κ3) is 3.56. The first kappa shape index (κ1) is 16.3. The van der Waals surface area contributed by atoms with E-state index in [-0.39, 0.29) is 12.7 Å². The van der Waals surface area contributed by atoms with Crippen LogP contribution in [0.1, 0.15) is 32.1 Å². The normalized spacial score (nSPS) is 24.5. The van der Waals surface area contributed by atoms with Gasteiger partial charge < -0.3 is 9.47 Å². The molecule has 0 radical (unpaired) electrons. The van der Waals surface area contributed by atoms with Crippen molar-refractivity contribution in [2.75, 3.05) is 6.61 Å². The first-order valence-corrected chi connectivity index (χ1v) is 7.05. The average molecular weight is 309 g/mol. The molecule has 1 N–H and O–H groups in total. The van der Waals surface area contributed by atoms with E-state index in [1.54, 1.807) is 6.92 Å². The quantitative estimate of drug-likeness (QED) is 0.499. The van der Waals surface area contributed by atoms with Crippen molar-refractivity contribution in [2.45, 2.75) is 51.7 Å². The number of aryl methyl sites for hydroxylation is 1. The highest BCUT2D eigenvalue weighted by molar-refractivity contribution is 5.02. The van der Waals surface area contributed by atoms with Crippen LogP contribution in [0.4, 0.5) is 0 Å². The molecule has 0 saturated carbocycles. The molecule has 0 aromatic carbocycles. The number of nitrogens with zero attached hydrogens (tertiary/aromatic N) is 4. The third-order valence-corrected chi connectivity index (χ3v) is 3.45. The lowest BCUT2D eigenvalue weighted by Crippen LogP contribution is -2.33. The Labute approximate surface area is 126 Å². The maximum Gasteiger partial charge on any atom is 0.330 e. The Hall–Kier alpha value is -2.09. The van der Waals surface area contributed by atoms with Crippen molar-refractivity contribution in [1.82, 2.24) is 9.55 Å². The first-order chi connectivity index (χ1) is 10.4. The average Bonchev–Trinajstić information content (AvgIpc) is 2.84. The highest BCUT2D eigenvalue weighted by Crippen LogP contribution is 2.30. The van der Waals surface area contributed by atoms with E-state index in [1.165, 1.54) is 10.8 Å². The van der Waals surface area contributed by atoms with E-state index >= 15 is 0 Å². The molecule has 3 atom stereocenters. The van der Waals surface area contributed by atoms with Crippen LogP contribution in [-0.2, 0) is 9.47 Å². The van der Waals surface area contributed by atoms with Gasteiger partial charge in [0.05, 0.1) is 24.9 Å².